The van der Waals surface area contributed by atoms with Crippen LogP contribution < -0.4 is 11.2 Å². The summed E-state index contributed by atoms with van der Waals surface area (Å²) in [5, 5.41) is 0.569. The molecule has 0 unspecified atom stereocenters. The van der Waals surface area contributed by atoms with Gasteiger partial charge in [-0.1, -0.05) is 35.9 Å². The molecule has 5 nitrogen and oxygen atoms in total. The minimum absolute atomic E-state index is 0.0878. The van der Waals surface area contributed by atoms with Crippen molar-refractivity contribution in [2.45, 2.75) is 13.1 Å². The van der Waals surface area contributed by atoms with E-state index in [9.17, 15) is 14.0 Å². The highest BCUT2D eigenvalue weighted by atomic mass is 35.5. The predicted octanol–water partition coefficient (Wildman–Crippen LogP) is 3.45. The van der Waals surface area contributed by atoms with Crippen molar-refractivity contribution < 1.29 is 4.39 Å². The third kappa shape index (κ3) is 3.46. The SMILES string of the molecule is O=c1c2ncccc2n(Cc2cccc(F)c2)c(=O)n1Cc1ccc(Cl)cc1. The third-order valence-corrected chi connectivity index (χ3v) is 4.72. The summed E-state index contributed by atoms with van der Waals surface area (Å²) in [7, 11) is 0. The van der Waals surface area contributed by atoms with E-state index in [1.165, 1.54) is 22.9 Å². The molecule has 0 saturated heterocycles. The Bertz CT molecular complexity index is 1280. The van der Waals surface area contributed by atoms with E-state index < -0.39 is 11.2 Å². The fourth-order valence-electron chi connectivity index (χ4n) is 3.13. The molecule has 0 aliphatic rings. The van der Waals surface area contributed by atoms with Crippen molar-refractivity contribution in [1.29, 1.82) is 0 Å². The van der Waals surface area contributed by atoms with E-state index in [0.29, 0.717) is 16.1 Å². The van der Waals surface area contributed by atoms with Gasteiger partial charge < -0.3 is 0 Å². The number of fused-ring (bicyclic) bond motifs is 1. The largest absolute Gasteiger partial charge is 0.332 e. The Kier molecular flexibility index (Phi) is 4.79. The van der Waals surface area contributed by atoms with Crippen LogP contribution in [0.3, 0.4) is 0 Å². The molecule has 0 radical (unpaired) electrons. The Balaban J connectivity index is 1.89. The molecule has 7 heteroatoms. The van der Waals surface area contributed by atoms with Crippen LogP contribution >= 0.6 is 11.6 Å². The van der Waals surface area contributed by atoms with Gasteiger partial charge in [0.15, 0.2) is 5.52 Å². The Hall–Kier alpha value is -3.25. The standard InChI is InChI=1S/C21H15ClFN3O2/c22-16-8-6-14(7-9-16)12-26-20(27)19-18(5-2-10-24-19)25(21(26)28)13-15-3-1-4-17(23)11-15/h1-11H,12-13H2. The Morgan fingerprint density at radius 2 is 1.64 bits per heavy atom. The number of hydrogen-bond acceptors (Lipinski definition) is 3. The average molecular weight is 396 g/mol. The molecule has 2 heterocycles. The summed E-state index contributed by atoms with van der Waals surface area (Å²) in [6.07, 6.45) is 1.51. The van der Waals surface area contributed by atoms with E-state index in [4.69, 9.17) is 11.6 Å². The van der Waals surface area contributed by atoms with Crippen LogP contribution in [-0.2, 0) is 13.1 Å². The lowest BCUT2D eigenvalue weighted by Gasteiger charge is -2.14. The fourth-order valence-corrected chi connectivity index (χ4v) is 3.25. The molecule has 0 aliphatic heterocycles. The van der Waals surface area contributed by atoms with Crippen molar-refractivity contribution in [3.05, 3.63) is 110 Å². The zero-order valence-corrected chi connectivity index (χ0v) is 15.4. The van der Waals surface area contributed by atoms with Gasteiger partial charge in [0.25, 0.3) is 5.56 Å². The zero-order valence-electron chi connectivity index (χ0n) is 14.7. The first-order valence-electron chi connectivity index (χ1n) is 8.60. The normalized spacial score (nSPS) is 11.1. The summed E-state index contributed by atoms with van der Waals surface area (Å²) in [6.45, 7) is 0.212. The molecule has 0 fully saturated rings. The smallest absolute Gasteiger partial charge is 0.287 e. The summed E-state index contributed by atoms with van der Waals surface area (Å²) in [5.74, 6) is -0.387. The van der Waals surface area contributed by atoms with E-state index in [1.807, 2.05) is 0 Å². The topological polar surface area (TPSA) is 56.9 Å². The minimum atomic E-state index is -0.482. The van der Waals surface area contributed by atoms with Gasteiger partial charge in [-0.25, -0.2) is 14.2 Å². The first kappa shape index (κ1) is 18.1. The fraction of sp³-hybridized carbons (Fsp3) is 0.0952. The summed E-state index contributed by atoms with van der Waals surface area (Å²) in [5.41, 5.74) is 1.03. The van der Waals surface area contributed by atoms with Crippen LogP contribution in [-0.4, -0.2) is 14.1 Å². The molecule has 0 spiro atoms. The molecule has 0 saturated carbocycles. The Morgan fingerprint density at radius 1 is 0.893 bits per heavy atom. The van der Waals surface area contributed by atoms with Gasteiger partial charge in [-0.15, -0.1) is 0 Å². The molecule has 0 N–H and O–H groups in total. The molecule has 0 bridgehead atoms. The number of hydrogen-bond donors (Lipinski definition) is 0. The van der Waals surface area contributed by atoms with Crippen LogP contribution in [0.25, 0.3) is 11.0 Å². The van der Waals surface area contributed by atoms with Crippen molar-refractivity contribution in [3.63, 3.8) is 0 Å². The number of halogens is 2. The maximum atomic E-state index is 13.6. The quantitative estimate of drug-likeness (QED) is 0.532. The molecule has 0 aliphatic carbocycles. The van der Waals surface area contributed by atoms with Gasteiger partial charge in [0.2, 0.25) is 0 Å². The molecular formula is C21H15ClFN3O2. The highest BCUT2D eigenvalue weighted by Gasteiger charge is 2.15. The average Bonchev–Trinajstić information content (AvgIpc) is 2.70. The second-order valence-corrected chi connectivity index (χ2v) is 6.82. The first-order chi connectivity index (χ1) is 13.5. The maximum absolute atomic E-state index is 13.6. The number of pyridine rings is 1. The molecule has 4 aromatic rings. The Labute approximate surface area is 164 Å². The number of nitrogens with zero attached hydrogens (tertiary/aromatic N) is 3. The van der Waals surface area contributed by atoms with Gasteiger partial charge in [0.1, 0.15) is 5.82 Å². The van der Waals surface area contributed by atoms with E-state index in [2.05, 4.69) is 4.98 Å². The molecule has 0 atom stereocenters. The third-order valence-electron chi connectivity index (χ3n) is 4.47. The lowest BCUT2D eigenvalue weighted by atomic mass is 10.2. The number of aromatic nitrogens is 3. The maximum Gasteiger partial charge on any atom is 0.332 e. The van der Waals surface area contributed by atoms with Crippen LogP contribution in [0.4, 0.5) is 4.39 Å². The highest BCUT2D eigenvalue weighted by molar-refractivity contribution is 6.30. The van der Waals surface area contributed by atoms with E-state index >= 15 is 0 Å². The molecule has 4 rings (SSSR count). The van der Waals surface area contributed by atoms with Crippen LogP contribution in [0.15, 0.2) is 76.4 Å². The van der Waals surface area contributed by atoms with Crippen molar-refractivity contribution in [2.75, 3.05) is 0 Å². The summed E-state index contributed by atoms with van der Waals surface area (Å²) in [6, 6.07) is 16.3. The van der Waals surface area contributed by atoms with Gasteiger partial charge in [-0.2, -0.15) is 0 Å². The van der Waals surface area contributed by atoms with Gasteiger partial charge in [0.05, 0.1) is 18.6 Å². The molecule has 28 heavy (non-hydrogen) atoms. The van der Waals surface area contributed by atoms with Crippen LogP contribution in [0.2, 0.25) is 5.02 Å². The van der Waals surface area contributed by atoms with Crippen LogP contribution in [0.1, 0.15) is 11.1 Å². The van der Waals surface area contributed by atoms with Crippen LogP contribution in [0.5, 0.6) is 0 Å². The molecular weight excluding hydrogens is 381 g/mol. The highest BCUT2D eigenvalue weighted by Crippen LogP contribution is 2.12. The van der Waals surface area contributed by atoms with Gasteiger partial charge in [-0.05, 0) is 47.5 Å². The van der Waals surface area contributed by atoms with Crippen molar-refractivity contribution in [1.82, 2.24) is 14.1 Å². The number of rotatable bonds is 4. The summed E-state index contributed by atoms with van der Waals surface area (Å²) < 4.78 is 16.2. The van der Waals surface area contributed by atoms with Crippen molar-refractivity contribution >= 4 is 22.6 Å². The van der Waals surface area contributed by atoms with Gasteiger partial charge in [-0.3, -0.25) is 13.9 Å². The predicted molar refractivity (Wildman–Crippen MR) is 106 cm³/mol. The lowest BCUT2D eigenvalue weighted by molar-refractivity contribution is 0.614. The zero-order chi connectivity index (χ0) is 19.7. The number of benzene rings is 2. The molecule has 2 aromatic carbocycles. The second-order valence-electron chi connectivity index (χ2n) is 6.39. The monoisotopic (exact) mass is 395 g/mol. The van der Waals surface area contributed by atoms with E-state index in [0.717, 1.165) is 10.1 Å². The van der Waals surface area contributed by atoms with Crippen LogP contribution in [0, 0.1) is 5.82 Å². The second kappa shape index (κ2) is 7.40. The first-order valence-corrected chi connectivity index (χ1v) is 8.98. The van der Waals surface area contributed by atoms with Gasteiger partial charge >= 0.3 is 5.69 Å². The van der Waals surface area contributed by atoms with E-state index in [1.54, 1.807) is 48.5 Å². The summed E-state index contributed by atoms with van der Waals surface area (Å²) >= 11 is 5.91. The van der Waals surface area contributed by atoms with Crippen molar-refractivity contribution in [2.24, 2.45) is 0 Å². The van der Waals surface area contributed by atoms with E-state index in [-0.39, 0.29) is 24.4 Å². The Morgan fingerprint density at radius 3 is 2.39 bits per heavy atom. The summed E-state index contributed by atoms with van der Waals surface area (Å²) in [4.78, 5) is 30.2. The molecule has 140 valence electrons. The minimum Gasteiger partial charge on any atom is -0.287 e. The lowest BCUT2D eigenvalue weighted by Crippen LogP contribution is -2.40. The molecule has 0 amide bonds. The van der Waals surface area contributed by atoms with Crippen molar-refractivity contribution in [3.8, 4) is 0 Å². The molecule has 2 aromatic heterocycles. The van der Waals surface area contributed by atoms with Gasteiger partial charge in [0, 0.05) is 11.2 Å².